The largest absolute Gasteiger partial charge is 0.466 e. The van der Waals surface area contributed by atoms with Crippen LogP contribution in [0.2, 0.25) is 0 Å². The van der Waals surface area contributed by atoms with E-state index < -0.39 is 0 Å². The smallest absolute Gasteiger partial charge is 0.307 e. The number of ether oxygens (including phenoxy) is 1. The molecule has 1 atom stereocenters. The second-order valence-electron chi connectivity index (χ2n) is 5.38. The lowest BCUT2D eigenvalue weighted by atomic mass is 9.98. The van der Waals surface area contributed by atoms with Crippen LogP contribution in [0.15, 0.2) is 16.8 Å². The van der Waals surface area contributed by atoms with E-state index in [9.17, 15) is 9.59 Å². The zero-order chi connectivity index (χ0) is 15.1. The van der Waals surface area contributed by atoms with Crippen LogP contribution in [0.25, 0.3) is 0 Å². The van der Waals surface area contributed by atoms with Gasteiger partial charge in [0.25, 0.3) is 0 Å². The van der Waals surface area contributed by atoms with Crippen molar-refractivity contribution >= 4 is 23.2 Å². The maximum atomic E-state index is 12.4. The van der Waals surface area contributed by atoms with Gasteiger partial charge in [-0.2, -0.15) is 11.3 Å². The van der Waals surface area contributed by atoms with Crippen molar-refractivity contribution < 1.29 is 14.3 Å². The number of nitrogens with zero attached hydrogens (tertiary/aromatic N) is 1. The van der Waals surface area contributed by atoms with E-state index in [2.05, 4.69) is 11.4 Å². The molecule has 1 aliphatic heterocycles. The van der Waals surface area contributed by atoms with Gasteiger partial charge in [-0.15, -0.1) is 0 Å². The number of esters is 1. The van der Waals surface area contributed by atoms with Crippen LogP contribution in [0.4, 0.5) is 0 Å². The summed E-state index contributed by atoms with van der Waals surface area (Å²) in [6, 6.07) is 2.08. The van der Waals surface area contributed by atoms with Gasteiger partial charge < -0.3 is 9.64 Å². The second-order valence-corrected chi connectivity index (χ2v) is 6.16. The highest BCUT2D eigenvalue weighted by molar-refractivity contribution is 7.07. The van der Waals surface area contributed by atoms with E-state index in [0.717, 1.165) is 32.2 Å². The average Bonchev–Trinajstić information content (AvgIpc) is 2.99. The molecule has 116 valence electrons. The van der Waals surface area contributed by atoms with Crippen molar-refractivity contribution in [1.82, 2.24) is 4.90 Å². The van der Waals surface area contributed by atoms with Gasteiger partial charge in [-0.25, -0.2) is 0 Å². The molecule has 4 nitrogen and oxygen atoms in total. The highest BCUT2D eigenvalue weighted by Crippen LogP contribution is 2.21. The first-order valence-corrected chi connectivity index (χ1v) is 8.61. The van der Waals surface area contributed by atoms with Crippen molar-refractivity contribution in [3.63, 3.8) is 0 Å². The van der Waals surface area contributed by atoms with Gasteiger partial charge in [0.1, 0.15) is 0 Å². The Labute approximate surface area is 130 Å². The van der Waals surface area contributed by atoms with E-state index in [0.29, 0.717) is 19.4 Å². The van der Waals surface area contributed by atoms with Gasteiger partial charge in [0.15, 0.2) is 0 Å². The minimum Gasteiger partial charge on any atom is -0.466 e. The Morgan fingerprint density at radius 1 is 1.43 bits per heavy atom. The minimum atomic E-state index is -0.194. The first-order chi connectivity index (χ1) is 10.2. The number of thiophene rings is 1. The molecule has 2 heterocycles. The number of carbonyl (C=O) groups is 2. The van der Waals surface area contributed by atoms with E-state index in [1.807, 2.05) is 17.2 Å². The third-order valence-electron chi connectivity index (χ3n) is 3.86. The summed E-state index contributed by atoms with van der Waals surface area (Å²) >= 11 is 1.66. The van der Waals surface area contributed by atoms with E-state index in [1.165, 1.54) is 5.56 Å². The molecule has 1 aromatic heterocycles. The topological polar surface area (TPSA) is 46.6 Å². The number of rotatable bonds is 6. The lowest BCUT2D eigenvalue weighted by Crippen LogP contribution is -2.45. The van der Waals surface area contributed by atoms with Crippen LogP contribution in [-0.2, 0) is 20.7 Å². The summed E-state index contributed by atoms with van der Waals surface area (Å²) in [5.74, 6) is -0.0322. The fourth-order valence-corrected chi connectivity index (χ4v) is 3.49. The number of likely N-dealkylation sites (tertiary alicyclic amines) is 1. The molecule has 0 unspecified atom stereocenters. The molecule has 0 N–H and O–H groups in total. The van der Waals surface area contributed by atoms with E-state index in [-0.39, 0.29) is 17.9 Å². The van der Waals surface area contributed by atoms with Gasteiger partial charge in [0.05, 0.1) is 13.0 Å². The Balaban J connectivity index is 1.87. The number of hydrogen-bond donors (Lipinski definition) is 0. The molecule has 1 aromatic rings. The fraction of sp³-hybridized carbons (Fsp3) is 0.625. The fourth-order valence-electron chi connectivity index (χ4n) is 2.78. The summed E-state index contributed by atoms with van der Waals surface area (Å²) in [7, 11) is 0. The van der Waals surface area contributed by atoms with Crippen LogP contribution in [0.1, 0.15) is 44.6 Å². The average molecular weight is 309 g/mol. The van der Waals surface area contributed by atoms with Gasteiger partial charge in [-0.1, -0.05) is 0 Å². The summed E-state index contributed by atoms with van der Waals surface area (Å²) in [5.41, 5.74) is 1.22. The molecule has 21 heavy (non-hydrogen) atoms. The minimum absolute atomic E-state index is 0.0211. The summed E-state index contributed by atoms with van der Waals surface area (Å²) in [6.07, 6.45) is 4.66. The van der Waals surface area contributed by atoms with E-state index in [1.54, 1.807) is 11.3 Å². The molecular weight excluding hydrogens is 286 g/mol. The zero-order valence-corrected chi connectivity index (χ0v) is 13.4. The molecule has 0 aliphatic carbocycles. The number of aryl methyl sites for hydroxylation is 1. The SMILES string of the molecule is CCOC(=O)C[C@H]1CCCCN1C(=O)CCc1ccsc1. The first-order valence-electron chi connectivity index (χ1n) is 7.67. The van der Waals surface area contributed by atoms with Gasteiger partial charge in [-0.3, -0.25) is 9.59 Å². The predicted molar refractivity (Wildman–Crippen MR) is 83.2 cm³/mol. The van der Waals surface area contributed by atoms with Crippen LogP contribution < -0.4 is 0 Å². The Morgan fingerprint density at radius 3 is 3.00 bits per heavy atom. The van der Waals surface area contributed by atoms with Crippen molar-refractivity contribution in [2.75, 3.05) is 13.2 Å². The third-order valence-corrected chi connectivity index (χ3v) is 4.59. The summed E-state index contributed by atoms with van der Waals surface area (Å²) in [6.45, 7) is 2.98. The molecule has 0 radical (unpaired) electrons. The van der Waals surface area contributed by atoms with Gasteiger partial charge in [-0.05, 0) is 55.0 Å². The Morgan fingerprint density at radius 2 is 2.29 bits per heavy atom. The summed E-state index contributed by atoms with van der Waals surface area (Å²) in [4.78, 5) is 26.0. The van der Waals surface area contributed by atoms with Crippen molar-refractivity contribution in [2.45, 2.75) is 51.5 Å². The van der Waals surface area contributed by atoms with Crippen LogP contribution in [0, 0.1) is 0 Å². The molecule has 0 saturated carbocycles. The molecule has 1 aliphatic rings. The first kappa shape index (κ1) is 16.0. The monoisotopic (exact) mass is 309 g/mol. The number of amides is 1. The molecule has 1 fully saturated rings. The standard InChI is InChI=1S/C16H23NO3S/c1-2-20-16(19)11-14-5-3-4-9-17(14)15(18)7-6-13-8-10-21-12-13/h8,10,12,14H,2-7,9,11H2,1H3/t14-/m1/s1. The molecule has 0 bridgehead atoms. The van der Waals surface area contributed by atoms with Crippen LogP contribution >= 0.6 is 11.3 Å². The number of piperidine rings is 1. The molecule has 0 aromatic carbocycles. The van der Waals surface area contributed by atoms with Gasteiger partial charge >= 0.3 is 5.97 Å². The Hall–Kier alpha value is -1.36. The van der Waals surface area contributed by atoms with E-state index >= 15 is 0 Å². The van der Waals surface area contributed by atoms with E-state index in [4.69, 9.17) is 4.74 Å². The number of carbonyl (C=O) groups excluding carboxylic acids is 2. The van der Waals surface area contributed by atoms with Crippen molar-refractivity contribution in [1.29, 1.82) is 0 Å². The Kier molecular flexibility index (Phi) is 6.23. The van der Waals surface area contributed by atoms with Gasteiger partial charge in [0.2, 0.25) is 5.91 Å². The zero-order valence-electron chi connectivity index (χ0n) is 12.5. The highest BCUT2D eigenvalue weighted by atomic mass is 32.1. The normalized spacial score (nSPS) is 18.5. The highest BCUT2D eigenvalue weighted by Gasteiger charge is 2.28. The van der Waals surface area contributed by atoms with Crippen LogP contribution in [0.3, 0.4) is 0 Å². The quantitative estimate of drug-likeness (QED) is 0.759. The maximum Gasteiger partial charge on any atom is 0.307 e. The molecular formula is C16H23NO3S. The van der Waals surface area contributed by atoms with Gasteiger partial charge in [0, 0.05) is 19.0 Å². The van der Waals surface area contributed by atoms with Crippen LogP contribution in [-0.4, -0.2) is 36.0 Å². The lowest BCUT2D eigenvalue weighted by Gasteiger charge is -2.35. The Bertz CT molecular complexity index is 458. The third kappa shape index (κ3) is 4.84. The maximum absolute atomic E-state index is 12.4. The molecule has 0 spiro atoms. The van der Waals surface area contributed by atoms with Crippen molar-refractivity contribution in [3.05, 3.63) is 22.4 Å². The second kappa shape index (κ2) is 8.17. The molecule has 2 rings (SSSR count). The van der Waals surface area contributed by atoms with Crippen molar-refractivity contribution in [3.8, 4) is 0 Å². The van der Waals surface area contributed by atoms with Crippen LogP contribution in [0.5, 0.6) is 0 Å². The molecule has 1 amide bonds. The lowest BCUT2D eigenvalue weighted by molar-refractivity contribution is -0.146. The van der Waals surface area contributed by atoms with Crippen molar-refractivity contribution in [2.24, 2.45) is 0 Å². The predicted octanol–water partition coefficient (Wildman–Crippen LogP) is 3.02. The molecule has 1 saturated heterocycles. The molecule has 5 heteroatoms. The summed E-state index contributed by atoms with van der Waals surface area (Å²) < 4.78 is 5.02. The summed E-state index contributed by atoms with van der Waals surface area (Å²) in [5, 5.41) is 4.11. The number of hydrogen-bond acceptors (Lipinski definition) is 4.